The van der Waals surface area contributed by atoms with Crippen LogP contribution in [0.25, 0.3) is 0 Å². The number of halogens is 2. The summed E-state index contributed by atoms with van der Waals surface area (Å²) in [5.41, 5.74) is 0.898. The van der Waals surface area contributed by atoms with Crippen LogP contribution in [0.15, 0.2) is 59.9 Å². The molecule has 2 aliphatic heterocycles. The van der Waals surface area contributed by atoms with Gasteiger partial charge in [0.05, 0.1) is 50.1 Å². The number of carbonyl (C=O) groups is 1. The van der Waals surface area contributed by atoms with Crippen LogP contribution in [0.3, 0.4) is 0 Å². The van der Waals surface area contributed by atoms with Gasteiger partial charge < -0.3 is 18.9 Å². The van der Waals surface area contributed by atoms with E-state index in [1.165, 1.54) is 48.7 Å². The number of sulfone groups is 1. The van der Waals surface area contributed by atoms with E-state index in [0.717, 1.165) is 25.9 Å². The molecule has 5 rings (SSSR count). The van der Waals surface area contributed by atoms with Crippen molar-refractivity contribution in [2.45, 2.75) is 42.9 Å². The second-order valence-corrected chi connectivity index (χ2v) is 12.2. The first-order chi connectivity index (χ1) is 19.8. The molecule has 220 valence electrons. The Balaban J connectivity index is 1.45. The van der Waals surface area contributed by atoms with Crippen LogP contribution in [0.5, 0.6) is 0 Å². The monoisotopic (exact) mass is 588 g/mol. The standard InChI is InChI=1S/C29H34F2N4O5S/c30-24-9-7-22(8-10-24)28(36)34(12-11-33-13-16-39-17-14-33)19-25-18-32-29(35(25)20-26-5-3-15-40-26)41(37,38)21-23-4-1-2-6-27(23)31/h1-2,4,6-10,18,26H,3,5,11-17,19-21H2/t26-/m1/s1. The van der Waals surface area contributed by atoms with Crippen molar-refractivity contribution in [1.29, 1.82) is 0 Å². The number of morpholine rings is 1. The highest BCUT2D eigenvalue weighted by Gasteiger charge is 2.29. The van der Waals surface area contributed by atoms with Gasteiger partial charge in [-0.2, -0.15) is 0 Å². The molecule has 1 aromatic heterocycles. The SMILES string of the molecule is O=C(c1ccc(F)cc1)N(CCN1CCOCC1)Cc1cnc(S(=O)(=O)Cc2ccccc2F)n1C[C@H]1CCCO1. The number of benzene rings is 2. The highest BCUT2D eigenvalue weighted by atomic mass is 32.2. The van der Waals surface area contributed by atoms with Crippen LogP contribution in [0.1, 0.15) is 34.5 Å². The van der Waals surface area contributed by atoms with Gasteiger partial charge in [-0.05, 0) is 43.2 Å². The zero-order chi connectivity index (χ0) is 28.8. The van der Waals surface area contributed by atoms with Crippen molar-refractivity contribution >= 4 is 15.7 Å². The number of carbonyl (C=O) groups excluding carboxylic acids is 1. The molecule has 2 fully saturated rings. The molecule has 0 unspecified atom stereocenters. The molecule has 41 heavy (non-hydrogen) atoms. The van der Waals surface area contributed by atoms with E-state index in [2.05, 4.69) is 9.88 Å². The molecule has 12 heteroatoms. The lowest BCUT2D eigenvalue weighted by molar-refractivity contribution is 0.0318. The maximum atomic E-state index is 14.4. The highest BCUT2D eigenvalue weighted by Crippen LogP contribution is 2.24. The molecule has 0 bridgehead atoms. The number of rotatable bonds is 11. The Morgan fingerprint density at radius 1 is 1.05 bits per heavy atom. The molecule has 0 saturated carbocycles. The van der Waals surface area contributed by atoms with Crippen molar-refractivity contribution in [2.75, 3.05) is 46.0 Å². The lowest BCUT2D eigenvalue weighted by Gasteiger charge is -2.30. The molecule has 1 amide bonds. The van der Waals surface area contributed by atoms with Gasteiger partial charge in [0.1, 0.15) is 11.6 Å². The molecular weight excluding hydrogens is 554 g/mol. The van der Waals surface area contributed by atoms with Crippen LogP contribution < -0.4 is 0 Å². The number of hydrogen-bond donors (Lipinski definition) is 0. The van der Waals surface area contributed by atoms with E-state index < -0.39 is 27.2 Å². The van der Waals surface area contributed by atoms with Crippen LogP contribution in [0.4, 0.5) is 8.78 Å². The summed E-state index contributed by atoms with van der Waals surface area (Å²) in [4.78, 5) is 21.7. The van der Waals surface area contributed by atoms with Gasteiger partial charge in [0.2, 0.25) is 15.0 Å². The van der Waals surface area contributed by atoms with Gasteiger partial charge >= 0.3 is 0 Å². The van der Waals surface area contributed by atoms with Crippen LogP contribution >= 0.6 is 0 Å². The fraction of sp³-hybridized carbons (Fsp3) is 0.448. The fourth-order valence-corrected chi connectivity index (χ4v) is 6.66. The van der Waals surface area contributed by atoms with Gasteiger partial charge in [0, 0.05) is 43.9 Å². The van der Waals surface area contributed by atoms with E-state index in [4.69, 9.17) is 9.47 Å². The Hall–Kier alpha value is -3.19. The van der Waals surface area contributed by atoms with Crippen molar-refractivity contribution in [3.05, 3.63) is 83.2 Å². The minimum Gasteiger partial charge on any atom is -0.379 e. The van der Waals surface area contributed by atoms with E-state index in [9.17, 15) is 22.0 Å². The first-order valence-electron chi connectivity index (χ1n) is 13.8. The average Bonchev–Trinajstić information content (AvgIpc) is 3.63. The summed E-state index contributed by atoms with van der Waals surface area (Å²) in [5.74, 6) is -1.90. The quantitative estimate of drug-likeness (QED) is 0.339. The zero-order valence-corrected chi connectivity index (χ0v) is 23.6. The normalized spacial score (nSPS) is 18.0. The van der Waals surface area contributed by atoms with E-state index in [1.54, 1.807) is 15.5 Å². The number of nitrogens with zero attached hydrogens (tertiary/aromatic N) is 4. The molecule has 2 saturated heterocycles. The molecule has 3 heterocycles. The van der Waals surface area contributed by atoms with Gasteiger partial charge in [0.15, 0.2) is 0 Å². The number of aromatic nitrogens is 2. The van der Waals surface area contributed by atoms with Gasteiger partial charge in [-0.15, -0.1) is 0 Å². The number of ether oxygens (including phenoxy) is 2. The lowest BCUT2D eigenvalue weighted by atomic mass is 10.2. The van der Waals surface area contributed by atoms with Gasteiger partial charge in [-0.3, -0.25) is 9.69 Å². The van der Waals surface area contributed by atoms with Gasteiger partial charge in [-0.1, -0.05) is 18.2 Å². The number of imidazole rings is 1. The lowest BCUT2D eigenvalue weighted by Crippen LogP contribution is -2.43. The third-order valence-electron chi connectivity index (χ3n) is 7.41. The first-order valence-corrected chi connectivity index (χ1v) is 15.4. The Bertz CT molecular complexity index is 1440. The second kappa shape index (κ2) is 13.2. The molecule has 2 aromatic carbocycles. The molecule has 9 nitrogen and oxygen atoms in total. The molecular formula is C29H34F2N4O5S. The van der Waals surface area contributed by atoms with E-state index in [-0.39, 0.29) is 35.8 Å². The fourth-order valence-electron chi connectivity index (χ4n) is 5.15. The Labute approximate surface area is 238 Å². The predicted octanol–water partition coefficient (Wildman–Crippen LogP) is 3.29. The summed E-state index contributed by atoms with van der Waals surface area (Å²) in [5, 5.41) is -0.186. The van der Waals surface area contributed by atoms with Crippen molar-refractivity contribution in [2.24, 2.45) is 0 Å². The van der Waals surface area contributed by atoms with Crippen LogP contribution in [0, 0.1) is 11.6 Å². The molecule has 0 radical (unpaired) electrons. The Morgan fingerprint density at radius 2 is 1.80 bits per heavy atom. The molecule has 0 N–H and O–H groups in total. The third-order valence-corrected chi connectivity index (χ3v) is 8.99. The number of hydrogen-bond acceptors (Lipinski definition) is 7. The predicted molar refractivity (Wildman–Crippen MR) is 147 cm³/mol. The summed E-state index contributed by atoms with van der Waals surface area (Å²) < 4.78 is 67.9. The summed E-state index contributed by atoms with van der Waals surface area (Å²) in [7, 11) is -4.04. The largest absolute Gasteiger partial charge is 0.379 e. The summed E-state index contributed by atoms with van der Waals surface area (Å²) in [6, 6.07) is 11.1. The highest BCUT2D eigenvalue weighted by molar-refractivity contribution is 7.90. The maximum Gasteiger partial charge on any atom is 0.254 e. The summed E-state index contributed by atoms with van der Waals surface area (Å²) in [6.45, 7) is 4.57. The van der Waals surface area contributed by atoms with E-state index in [1.807, 2.05) is 0 Å². The van der Waals surface area contributed by atoms with Crippen LogP contribution in [0.2, 0.25) is 0 Å². The Morgan fingerprint density at radius 3 is 2.51 bits per heavy atom. The van der Waals surface area contributed by atoms with Crippen LogP contribution in [-0.2, 0) is 38.2 Å². The second-order valence-electron chi connectivity index (χ2n) is 10.3. The summed E-state index contributed by atoms with van der Waals surface area (Å²) in [6.07, 6.45) is 2.88. The molecule has 0 spiro atoms. The minimum atomic E-state index is -4.04. The van der Waals surface area contributed by atoms with Crippen molar-refractivity contribution < 1.29 is 31.5 Å². The first kappa shape index (κ1) is 29.3. The molecule has 2 aliphatic rings. The average molecular weight is 589 g/mol. The smallest absolute Gasteiger partial charge is 0.254 e. The third kappa shape index (κ3) is 7.37. The van der Waals surface area contributed by atoms with E-state index >= 15 is 0 Å². The molecule has 3 aromatic rings. The van der Waals surface area contributed by atoms with Crippen molar-refractivity contribution in [3.8, 4) is 0 Å². The molecule has 1 atom stereocenters. The minimum absolute atomic E-state index is 0.0549. The summed E-state index contributed by atoms with van der Waals surface area (Å²) >= 11 is 0. The van der Waals surface area contributed by atoms with Gasteiger partial charge in [0.25, 0.3) is 5.91 Å². The topological polar surface area (TPSA) is 94.0 Å². The molecule has 0 aliphatic carbocycles. The van der Waals surface area contributed by atoms with Crippen molar-refractivity contribution in [3.63, 3.8) is 0 Å². The Kier molecular flexibility index (Phi) is 9.43. The zero-order valence-electron chi connectivity index (χ0n) is 22.8. The maximum absolute atomic E-state index is 14.4. The van der Waals surface area contributed by atoms with Gasteiger partial charge in [-0.25, -0.2) is 22.2 Å². The number of amides is 1. The van der Waals surface area contributed by atoms with Crippen molar-refractivity contribution in [1.82, 2.24) is 19.4 Å². The van der Waals surface area contributed by atoms with Crippen LogP contribution in [-0.4, -0.2) is 85.8 Å². The van der Waals surface area contributed by atoms with E-state index in [0.29, 0.717) is 44.2 Å².